The molecule has 0 bridgehead atoms. The van der Waals surface area contributed by atoms with Crippen molar-refractivity contribution in [2.75, 3.05) is 12.4 Å². The molecular formula is C13H13N5OS2. The minimum absolute atomic E-state index is 0.426. The molecule has 0 aliphatic heterocycles. The van der Waals surface area contributed by atoms with Gasteiger partial charge in [-0.3, -0.25) is 0 Å². The maximum Gasteiger partial charge on any atom is 0.203 e. The molecule has 0 saturated carbocycles. The number of rotatable bonds is 6. The molecule has 0 unspecified atom stereocenters. The molecule has 2 aromatic heterocycles. The molecule has 0 spiro atoms. The lowest BCUT2D eigenvalue weighted by Crippen LogP contribution is -1.99. The summed E-state index contributed by atoms with van der Waals surface area (Å²) >= 11 is 2.89. The summed E-state index contributed by atoms with van der Waals surface area (Å²) in [7, 11) is 1.63. The summed E-state index contributed by atoms with van der Waals surface area (Å²) in [5, 5.41) is 14.2. The second-order valence-corrected chi connectivity index (χ2v) is 5.98. The Labute approximate surface area is 130 Å². The summed E-state index contributed by atoms with van der Waals surface area (Å²) in [6, 6.07) is 10.0. The van der Waals surface area contributed by atoms with Crippen molar-refractivity contribution in [3.8, 4) is 10.6 Å². The first-order valence-corrected chi connectivity index (χ1v) is 7.87. The number of hydrogen-bond donors (Lipinski definition) is 1. The van der Waals surface area contributed by atoms with E-state index in [9.17, 15) is 0 Å². The number of nitrogens with one attached hydrogen (secondary N) is 1. The Morgan fingerprint density at radius 2 is 2.05 bits per heavy atom. The van der Waals surface area contributed by atoms with Crippen molar-refractivity contribution in [2.24, 2.45) is 0 Å². The topological polar surface area (TPSA) is 72.8 Å². The zero-order valence-electron chi connectivity index (χ0n) is 11.3. The molecule has 0 saturated heterocycles. The van der Waals surface area contributed by atoms with Crippen LogP contribution in [0.25, 0.3) is 10.6 Å². The Morgan fingerprint density at radius 3 is 2.86 bits per heavy atom. The molecule has 108 valence electrons. The van der Waals surface area contributed by atoms with Gasteiger partial charge in [0.15, 0.2) is 5.82 Å². The minimum Gasteiger partial charge on any atom is -0.377 e. The summed E-state index contributed by atoms with van der Waals surface area (Å²) < 4.78 is 9.17. The highest BCUT2D eigenvalue weighted by molar-refractivity contribution is 7.14. The van der Waals surface area contributed by atoms with E-state index < -0.39 is 0 Å². The van der Waals surface area contributed by atoms with E-state index in [1.54, 1.807) is 18.4 Å². The number of anilines is 1. The zero-order valence-corrected chi connectivity index (χ0v) is 12.9. The van der Waals surface area contributed by atoms with Crippen LogP contribution >= 0.6 is 22.9 Å². The summed E-state index contributed by atoms with van der Waals surface area (Å²) in [5.41, 5.74) is 1.08. The number of aromatic nitrogens is 4. The molecule has 3 rings (SSSR count). The van der Waals surface area contributed by atoms with Crippen LogP contribution < -0.4 is 5.32 Å². The van der Waals surface area contributed by atoms with Crippen molar-refractivity contribution in [2.45, 2.75) is 13.2 Å². The first-order valence-electron chi connectivity index (χ1n) is 6.28. The zero-order chi connectivity index (χ0) is 14.5. The highest BCUT2D eigenvalue weighted by atomic mass is 32.1. The summed E-state index contributed by atoms with van der Waals surface area (Å²) in [4.78, 5) is 4.31. The maximum absolute atomic E-state index is 4.99. The van der Waals surface area contributed by atoms with Crippen LogP contribution in [0.3, 0.4) is 0 Å². The van der Waals surface area contributed by atoms with Crippen LogP contribution in [0.5, 0.6) is 0 Å². The predicted molar refractivity (Wildman–Crippen MR) is 83.3 cm³/mol. The Balaban J connectivity index is 1.62. The van der Waals surface area contributed by atoms with Gasteiger partial charge in [0.05, 0.1) is 6.54 Å². The van der Waals surface area contributed by atoms with Crippen LogP contribution in [0.4, 0.5) is 5.13 Å². The van der Waals surface area contributed by atoms with Gasteiger partial charge < -0.3 is 10.1 Å². The van der Waals surface area contributed by atoms with Gasteiger partial charge in [-0.15, -0.1) is 10.2 Å². The van der Waals surface area contributed by atoms with E-state index in [0.29, 0.717) is 19.0 Å². The lowest BCUT2D eigenvalue weighted by atomic mass is 10.2. The van der Waals surface area contributed by atoms with Crippen molar-refractivity contribution in [3.63, 3.8) is 0 Å². The number of nitrogens with zero attached hydrogens (tertiary/aromatic N) is 4. The number of ether oxygens (including phenoxy) is 1. The van der Waals surface area contributed by atoms with E-state index in [1.165, 1.54) is 11.5 Å². The molecule has 3 aromatic rings. The van der Waals surface area contributed by atoms with Gasteiger partial charge >= 0.3 is 0 Å². The van der Waals surface area contributed by atoms with Crippen LogP contribution in [-0.2, 0) is 17.9 Å². The molecule has 1 N–H and O–H groups in total. The van der Waals surface area contributed by atoms with E-state index >= 15 is 0 Å². The van der Waals surface area contributed by atoms with Gasteiger partial charge in [-0.2, -0.15) is 4.37 Å². The van der Waals surface area contributed by atoms with Gasteiger partial charge in [-0.1, -0.05) is 41.7 Å². The van der Waals surface area contributed by atoms with Crippen LogP contribution in [0.15, 0.2) is 30.3 Å². The second-order valence-electron chi connectivity index (χ2n) is 4.17. The molecule has 1 aromatic carbocycles. The number of hydrogen-bond acceptors (Lipinski definition) is 8. The minimum atomic E-state index is 0.426. The maximum atomic E-state index is 4.99. The quantitative estimate of drug-likeness (QED) is 0.753. The monoisotopic (exact) mass is 319 g/mol. The van der Waals surface area contributed by atoms with Gasteiger partial charge in [0.25, 0.3) is 0 Å². The van der Waals surface area contributed by atoms with Gasteiger partial charge in [-0.25, -0.2) is 4.98 Å². The second kappa shape index (κ2) is 6.70. The van der Waals surface area contributed by atoms with Crippen molar-refractivity contribution >= 4 is 28.0 Å². The number of methoxy groups -OCH3 is 1. The van der Waals surface area contributed by atoms with Crippen molar-refractivity contribution in [1.29, 1.82) is 0 Å². The van der Waals surface area contributed by atoms with Crippen LogP contribution in [0, 0.1) is 0 Å². The lowest BCUT2D eigenvalue weighted by Gasteiger charge is -1.96. The largest absolute Gasteiger partial charge is 0.377 e. The smallest absolute Gasteiger partial charge is 0.203 e. The fraction of sp³-hybridized carbons (Fsp3) is 0.231. The van der Waals surface area contributed by atoms with E-state index in [1.807, 2.05) is 30.3 Å². The SMILES string of the molecule is COCc1nsc(NCc2nnc(-c3ccccc3)s2)n1. The fourth-order valence-corrected chi connectivity index (χ4v) is 3.04. The molecule has 6 nitrogen and oxygen atoms in total. The lowest BCUT2D eigenvalue weighted by molar-refractivity contribution is 0.179. The summed E-state index contributed by atoms with van der Waals surface area (Å²) in [6.45, 7) is 1.02. The third-order valence-electron chi connectivity index (χ3n) is 2.62. The number of benzene rings is 1. The van der Waals surface area contributed by atoms with Gasteiger partial charge in [0.2, 0.25) is 5.13 Å². The Bertz CT molecular complexity index is 697. The fourth-order valence-electron chi connectivity index (χ4n) is 1.69. The van der Waals surface area contributed by atoms with Crippen molar-refractivity contribution in [1.82, 2.24) is 19.6 Å². The first-order chi connectivity index (χ1) is 10.3. The Kier molecular flexibility index (Phi) is 4.49. The van der Waals surface area contributed by atoms with Crippen LogP contribution in [-0.4, -0.2) is 26.7 Å². The molecule has 0 radical (unpaired) electrons. The molecule has 8 heteroatoms. The van der Waals surface area contributed by atoms with E-state index in [2.05, 4.69) is 24.9 Å². The normalized spacial score (nSPS) is 10.7. The van der Waals surface area contributed by atoms with E-state index in [4.69, 9.17) is 4.74 Å². The van der Waals surface area contributed by atoms with E-state index in [-0.39, 0.29) is 0 Å². The van der Waals surface area contributed by atoms with Gasteiger partial charge in [0, 0.05) is 24.2 Å². The average molecular weight is 319 g/mol. The van der Waals surface area contributed by atoms with Gasteiger partial charge in [0.1, 0.15) is 16.6 Å². The molecule has 0 atom stereocenters. The van der Waals surface area contributed by atoms with Crippen LogP contribution in [0.1, 0.15) is 10.8 Å². The van der Waals surface area contributed by atoms with Crippen molar-refractivity contribution in [3.05, 3.63) is 41.2 Å². The molecule has 0 fully saturated rings. The van der Waals surface area contributed by atoms with Crippen molar-refractivity contribution < 1.29 is 4.74 Å². The van der Waals surface area contributed by atoms with Crippen LogP contribution in [0.2, 0.25) is 0 Å². The summed E-state index contributed by atoms with van der Waals surface area (Å²) in [6.07, 6.45) is 0. The first kappa shape index (κ1) is 14.1. The highest BCUT2D eigenvalue weighted by Crippen LogP contribution is 2.23. The molecule has 2 heterocycles. The predicted octanol–water partition coefficient (Wildman–Crippen LogP) is 2.82. The molecule has 21 heavy (non-hydrogen) atoms. The highest BCUT2D eigenvalue weighted by Gasteiger charge is 2.08. The Morgan fingerprint density at radius 1 is 1.19 bits per heavy atom. The third-order valence-corrected chi connectivity index (χ3v) is 4.30. The standard InChI is InChI=1S/C13H13N5OS2/c1-19-8-10-15-13(21-18-10)14-7-11-16-17-12(20-11)9-5-3-2-4-6-9/h2-6H,7-8H2,1H3,(H,14,15,18). The summed E-state index contributed by atoms with van der Waals surface area (Å²) in [5.74, 6) is 0.687. The molecular weight excluding hydrogens is 306 g/mol. The van der Waals surface area contributed by atoms with E-state index in [0.717, 1.165) is 20.7 Å². The average Bonchev–Trinajstić information content (AvgIpc) is 3.16. The molecule has 0 aliphatic rings. The third kappa shape index (κ3) is 3.60. The molecule has 0 amide bonds. The Hall–Kier alpha value is -1.90. The molecule has 0 aliphatic carbocycles. The van der Waals surface area contributed by atoms with Gasteiger partial charge in [-0.05, 0) is 0 Å².